The highest BCUT2D eigenvalue weighted by atomic mass is 16.5. The minimum Gasteiger partial charge on any atom is -0.487 e. The van der Waals surface area contributed by atoms with E-state index in [0.29, 0.717) is 25.5 Å². The molecule has 0 saturated heterocycles. The zero-order valence-electron chi connectivity index (χ0n) is 11.4. The fraction of sp³-hybridized carbons (Fsp3) is 0.467. The van der Waals surface area contributed by atoms with E-state index in [1.54, 1.807) is 0 Å². The van der Waals surface area contributed by atoms with Crippen LogP contribution in [-0.4, -0.2) is 19.8 Å². The molecule has 0 amide bonds. The third-order valence-corrected chi connectivity index (χ3v) is 2.92. The minimum atomic E-state index is 0.334. The molecule has 19 heavy (non-hydrogen) atoms. The molecule has 1 aromatic heterocycles. The summed E-state index contributed by atoms with van der Waals surface area (Å²) in [6.45, 7) is 4.37. The number of fused-ring (bicyclic) bond motifs is 1. The lowest BCUT2D eigenvalue weighted by molar-refractivity contribution is 0.0978. The van der Waals surface area contributed by atoms with Crippen molar-refractivity contribution in [1.82, 2.24) is 0 Å². The maximum Gasteiger partial charge on any atom is 0.169 e. The number of unbranched alkanes of at least 4 members (excludes halogenated alkanes) is 1. The van der Waals surface area contributed by atoms with Crippen molar-refractivity contribution in [2.24, 2.45) is 5.73 Å². The third-order valence-electron chi connectivity index (χ3n) is 2.92. The van der Waals surface area contributed by atoms with Crippen molar-refractivity contribution in [2.45, 2.75) is 26.3 Å². The number of furan rings is 1. The predicted octanol–water partition coefficient (Wildman–Crippen LogP) is 3.09. The second-order valence-corrected chi connectivity index (χ2v) is 4.37. The van der Waals surface area contributed by atoms with E-state index in [1.165, 1.54) is 0 Å². The van der Waals surface area contributed by atoms with E-state index >= 15 is 0 Å². The average Bonchev–Trinajstić information content (AvgIpc) is 2.81. The third kappa shape index (κ3) is 3.49. The first-order valence-corrected chi connectivity index (χ1v) is 6.77. The van der Waals surface area contributed by atoms with Crippen LogP contribution in [0.1, 0.15) is 25.5 Å². The Morgan fingerprint density at radius 3 is 2.79 bits per heavy atom. The molecule has 0 bridgehead atoms. The SMILES string of the molecule is CCCCOCCOc1c(CN)oc2ccccc12. The van der Waals surface area contributed by atoms with Gasteiger partial charge in [-0.25, -0.2) is 0 Å². The highest BCUT2D eigenvalue weighted by Crippen LogP contribution is 2.32. The van der Waals surface area contributed by atoms with Gasteiger partial charge in [-0.2, -0.15) is 0 Å². The maximum atomic E-state index is 5.76. The van der Waals surface area contributed by atoms with Crippen molar-refractivity contribution in [3.8, 4) is 5.75 Å². The molecule has 4 heteroatoms. The quantitative estimate of drug-likeness (QED) is 0.743. The van der Waals surface area contributed by atoms with Gasteiger partial charge in [-0.15, -0.1) is 0 Å². The highest BCUT2D eigenvalue weighted by Gasteiger charge is 2.13. The van der Waals surface area contributed by atoms with Crippen LogP contribution in [0.5, 0.6) is 5.75 Å². The van der Waals surface area contributed by atoms with E-state index in [1.807, 2.05) is 24.3 Å². The van der Waals surface area contributed by atoms with Gasteiger partial charge in [0.05, 0.1) is 18.5 Å². The summed E-state index contributed by atoms with van der Waals surface area (Å²) >= 11 is 0. The largest absolute Gasteiger partial charge is 0.487 e. The van der Waals surface area contributed by atoms with Crippen molar-refractivity contribution in [3.63, 3.8) is 0 Å². The van der Waals surface area contributed by atoms with Crippen molar-refractivity contribution in [1.29, 1.82) is 0 Å². The molecule has 2 aromatic rings. The van der Waals surface area contributed by atoms with Gasteiger partial charge in [0, 0.05) is 6.61 Å². The molecule has 2 N–H and O–H groups in total. The standard InChI is InChI=1S/C15H21NO3/c1-2-3-8-17-9-10-18-15-12-6-4-5-7-13(12)19-14(15)11-16/h4-7H,2-3,8-11,16H2,1H3. The molecule has 0 fully saturated rings. The topological polar surface area (TPSA) is 57.6 Å². The fourth-order valence-corrected chi connectivity index (χ4v) is 1.92. The first kappa shape index (κ1) is 13.9. The van der Waals surface area contributed by atoms with E-state index in [2.05, 4.69) is 6.92 Å². The summed E-state index contributed by atoms with van der Waals surface area (Å²) in [5.74, 6) is 1.44. The second-order valence-electron chi connectivity index (χ2n) is 4.37. The Morgan fingerprint density at radius 1 is 1.16 bits per heavy atom. The molecule has 1 aromatic carbocycles. The number of rotatable bonds is 8. The Kier molecular flexibility index (Phi) is 5.24. The molecule has 4 nitrogen and oxygen atoms in total. The molecule has 0 atom stereocenters. The molecule has 0 spiro atoms. The molecule has 104 valence electrons. The van der Waals surface area contributed by atoms with Crippen molar-refractivity contribution < 1.29 is 13.9 Å². The lowest BCUT2D eigenvalue weighted by atomic mass is 10.2. The van der Waals surface area contributed by atoms with Crippen LogP contribution in [0.4, 0.5) is 0 Å². The molecule has 0 aliphatic rings. The van der Waals surface area contributed by atoms with Gasteiger partial charge in [0.15, 0.2) is 11.5 Å². The van der Waals surface area contributed by atoms with Gasteiger partial charge in [0.1, 0.15) is 12.2 Å². The van der Waals surface area contributed by atoms with Crippen LogP contribution < -0.4 is 10.5 Å². The van der Waals surface area contributed by atoms with Crippen molar-refractivity contribution >= 4 is 11.0 Å². The van der Waals surface area contributed by atoms with Gasteiger partial charge in [0.2, 0.25) is 0 Å². The first-order chi connectivity index (χ1) is 9.36. The smallest absolute Gasteiger partial charge is 0.169 e. The first-order valence-electron chi connectivity index (χ1n) is 6.77. The Labute approximate surface area is 113 Å². The average molecular weight is 263 g/mol. The molecule has 1 heterocycles. The summed E-state index contributed by atoms with van der Waals surface area (Å²) in [4.78, 5) is 0. The van der Waals surface area contributed by atoms with Crippen LogP contribution in [0.15, 0.2) is 28.7 Å². The lowest BCUT2D eigenvalue weighted by Gasteiger charge is -2.06. The molecule has 0 aliphatic carbocycles. The summed E-state index contributed by atoms with van der Waals surface area (Å²) in [5, 5.41) is 0.969. The Hall–Kier alpha value is -1.52. The number of ether oxygens (including phenoxy) is 2. The fourth-order valence-electron chi connectivity index (χ4n) is 1.92. The van der Waals surface area contributed by atoms with E-state index in [4.69, 9.17) is 19.6 Å². The van der Waals surface area contributed by atoms with Gasteiger partial charge in [-0.3, -0.25) is 0 Å². The summed E-state index contributed by atoms with van der Waals surface area (Å²) in [7, 11) is 0. The van der Waals surface area contributed by atoms with E-state index in [0.717, 1.165) is 36.2 Å². The summed E-state index contributed by atoms with van der Waals surface area (Å²) in [6, 6.07) is 7.79. The molecule has 2 rings (SSSR count). The van der Waals surface area contributed by atoms with Crippen LogP contribution >= 0.6 is 0 Å². The normalized spacial score (nSPS) is 11.1. The van der Waals surface area contributed by atoms with Gasteiger partial charge in [-0.05, 0) is 18.6 Å². The van der Waals surface area contributed by atoms with Gasteiger partial charge >= 0.3 is 0 Å². The highest BCUT2D eigenvalue weighted by molar-refractivity contribution is 5.85. The van der Waals surface area contributed by atoms with Crippen LogP contribution in [-0.2, 0) is 11.3 Å². The zero-order chi connectivity index (χ0) is 13.5. The molecule has 0 aliphatic heterocycles. The summed E-state index contributed by atoms with van der Waals surface area (Å²) in [5.41, 5.74) is 6.49. The molecule has 0 radical (unpaired) electrons. The number of para-hydroxylation sites is 1. The van der Waals surface area contributed by atoms with Crippen LogP contribution in [0.2, 0.25) is 0 Å². The zero-order valence-corrected chi connectivity index (χ0v) is 11.4. The summed E-state index contributed by atoms with van der Waals surface area (Å²) in [6.07, 6.45) is 2.23. The van der Waals surface area contributed by atoms with E-state index in [9.17, 15) is 0 Å². The number of hydrogen-bond acceptors (Lipinski definition) is 4. The molecular weight excluding hydrogens is 242 g/mol. The van der Waals surface area contributed by atoms with Crippen LogP contribution in [0.3, 0.4) is 0 Å². The van der Waals surface area contributed by atoms with Crippen LogP contribution in [0.25, 0.3) is 11.0 Å². The van der Waals surface area contributed by atoms with E-state index in [-0.39, 0.29) is 0 Å². The predicted molar refractivity (Wildman–Crippen MR) is 75.3 cm³/mol. The summed E-state index contributed by atoms with van der Waals surface area (Å²) < 4.78 is 16.9. The Balaban J connectivity index is 1.95. The monoisotopic (exact) mass is 263 g/mol. The number of nitrogens with two attached hydrogens (primary N) is 1. The van der Waals surface area contributed by atoms with Gasteiger partial charge in [-0.1, -0.05) is 25.5 Å². The molecule has 0 unspecified atom stereocenters. The van der Waals surface area contributed by atoms with Gasteiger partial charge in [0.25, 0.3) is 0 Å². The molecular formula is C15H21NO3. The second kappa shape index (κ2) is 7.16. The maximum absolute atomic E-state index is 5.76. The Morgan fingerprint density at radius 2 is 2.00 bits per heavy atom. The number of hydrogen-bond donors (Lipinski definition) is 1. The lowest BCUT2D eigenvalue weighted by Crippen LogP contribution is -2.08. The van der Waals surface area contributed by atoms with Crippen molar-refractivity contribution in [3.05, 3.63) is 30.0 Å². The van der Waals surface area contributed by atoms with Crippen molar-refractivity contribution in [2.75, 3.05) is 19.8 Å². The molecule has 0 saturated carbocycles. The van der Waals surface area contributed by atoms with E-state index < -0.39 is 0 Å². The number of benzene rings is 1. The van der Waals surface area contributed by atoms with Crippen LogP contribution in [0, 0.1) is 0 Å². The van der Waals surface area contributed by atoms with Gasteiger partial charge < -0.3 is 19.6 Å². The Bertz CT molecular complexity index is 507. The minimum absolute atomic E-state index is 0.334.